The first kappa shape index (κ1) is 13.3. The summed E-state index contributed by atoms with van der Waals surface area (Å²) >= 11 is 0. The van der Waals surface area contributed by atoms with E-state index in [2.05, 4.69) is 24.3 Å². The Balaban J connectivity index is 1.70. The smallest absolute Gasteiger partial charge is 0.0506 e. The van der Waals surface area contributed by atoms with Gasteiger partial charge in [-0.1, -0.05) is 6.42 Å². The third-order valence-corrected chi connectivity index (χ3v) is 4.40. The van der Waals surface area contributed by atoms with Gasteiger partial charge in [-0.25, -0.2) is 0 Å². The van der Waals surface area contributed by atoms with Crippen molar-refractivity contribution in [2.75, 3.05) is 40.4 Å². The van der Waals surface area contributed by atoms with Crippen molar-refractivity contribution in [3.63, 3.8) is 0 Å². The Morgan fingerprint density at radius 2 is 2.06 bits per heavy atom. The molecule has 0 spiro atoms. The van der Waals surface area contributed by atoms with E-state index in [0.29, 0.717) is 0 Å². The summed E-state index contributed by atoms with van der Waals surface area (Å²) in [5, 5.41) is 3.47. The molecule has 0 aromatic rings. The molecule has 0 bridgehead atoms. The Bertz CT molecular complexity index is 216. The van der Waals surface area contributed by atoms with Crippen molar-refractivity contribution in [3.05, 3.63) is 0 Å². The molecule has 1 N–H and O–H groups in total. The van der Waals surface area contributed by atoms with E-state index < -0.39 is 0 Å². The van der Waals surface area contributed by atoms with Crippen molar-refractivity contribution >= 4 is 0 Å². The van der Waals surface area contributed by atoms with Crippen LogP contribution >= 0.6 is 0 Å². The van der Waals surface area contributed by atoms with Crippen LogP contribution in [0.25, 0.3) is 0 Å². The molecule has 2 rings (SSSR count). The van der Waals surface area contributed by atoms with Crippen LogP contribution in [0.5, 0.6) is 0 Å². The topological polar surface area (TPSA) is 24.5 Å². The maximum Gasteiger partial charge on any atom is 0.0506 e. The van der Waals surface area contributed by atoms with Crippen LogP contribution in [-0.4, -0.2) is 51.3 Å². The fourth-order valence-corrected chi connectivity index (χ4v) is 3.50. The molecule has 3 atom stereocenters. The molecule has 3 unspecified atom stereocenters. The molecule has 1 saturated heterocycles. The fraction of sp³-hybridized carbons (Fsp3) is 1.00. The molecule has 1 aliphatic carbocycles. The Morgan fingerprint density at radius 3 is 2.76 bits per heavy atom. The van der Waals surface area contributed by atoms with Crippen LogP contribution in [0, 0.1) is 11.8 Å². The van der Waals surface area contributed by atoms with Crippen LogP contribution in [0.1, 0.15) is 32.1 Å². The van der Waals surface area contributed by atoms with Gasteiger partial charge in [0.25, 0.3) is 0 Å². The van der Waals surface area contributed by atoms with Gasteiger partial charge in [-0.3, -0.25) is 0 Å². The first-order valence-electron chi connectivity index (χ1n) is 7.23. The molecule has 17 heavy (non-hydrogen) atoms. The quantitative estimate of drug-likeness (QED) is 0.792. The minimum atomic E-state index is 0.750. The number of hydrogen-bond acceptors (Lipinski definition) is 3. The molecule has 0 aromatic carbocycles. The van der Waals surface area contributed by atoms with E-state index in [4.69, 9.17) is 4.74 Å². The minimum absolute atomic E-state index is 0.750. The van der Waals surface area contributed by atoms with Crippen LogP contribution < -0.4 is 5.32 Å². The van der Waals surface area contributed by atoms with Crippen LogP contribution in [0.3, 0.4) is 0 Å². The van der Waals surface area contributed by atoms with Crippen molar-refractivity contribution in [2.24, 2.45) is 11.8 Å². The molecule has 2 aliphatic rings. The molecule has 0 radical (unpaired) electrons. The average molecular weight is 240 g/mol. The monoisotopic (exact) mass is 240 g/mol. The standard InChI is InChI=1S/C14H28N2O/c1-15-14-7-3-6-13(14)10-16(2)9-12-5-4-8-17-11-12/h12-15H,3-11H2,1-2H3. The summed E-state index contributed by atoms with van der Waals surface area (Å²) in [6.07, 6.45) is 6.76. The second-order valence-electron chi connectivity index (χ2n) is 5.89. The molecule has 100 valence electrons. The predicted molar refractivity (Wildman–Crippen MR) is 71.2 cm³/mol. The summed E-state index contributed by atoms with van der Waals surface area (Å²) in [6, 6.07) is 0.750. The average Bonchev–Trinajstić information content (AvgIpc) is 2.77. The zero-order valence-electron chi connectivity index (χ0n) is 11.5. The molecule has 0 aromatic heterocycles. The molecule has 3 heteroatoms. The van der Waals surface area contributed by atoms with Crippen LogP contribution in [0.2, 0.25) is 0 Å². The highest BCUT2D eigenvalue weighted by molar-refractivity contribution is 4.84. The first-order valence-corrected chi connectivity index (χ1v) is 7.23. The molecular weight excluding hydrogens is 212 g/mol. The van der Waals surface area contributed by atoms with E-state index in [1.165, 1.54) is 45.2 Å². The van der Waals surface area contributed by atoms with Crippen molar-refractivity contribution in [1.29, 1.82) is 0 Å². The van der Waals surface area contributed by atoms with E-state index >= 15 is 0 Å². The highest BCUT2D eigenvalue weighted by Crippen LogP contribution is 2.26. The Hall–Kier alpha value is -0.120. The lowest BCUT2D eigenvalue weighted by Gasteiger charge is -2.30. The second-order valence-corrected chi connectivity index (χ2v) is 5.89. The summed E-state index contributed by atoms with van der Waals surface area (Å²) in [7, 11) is 4.39. The second kappa shape index (κ2) is 6.72. The summed E-state index contributed by atoms with van der Waals surface area (Å²) in [4.78, 5) is 2.53. The van der Waals surface area contributed by atoms with Gasteiger partial charge in [-0.15, -0.1) is 0 Å². The summed E-state index contributed by atoms with van der Waals surface area (Å²) in [6.45, 7) is 4.42. The van der Waals surface area contributed by atoms with Gasteiger partial charge in [0, 0.05) is 25.7 Å². The normalized spacial score (nSPS) is 34.4. The van der Waals surface area contributed by atoms with Crippen LogP contribution in [0.15, 0.2) is 0 Å². The Labute approximate surface area is 106 Å². The minimum Gasteiger partial charge on any atom is -0.381 e. The molecule has 2 fully saturated rings. The lowest BCUT2D eigenvalue weighted by molar-refractivity contribution is 0.0398. The van der Waals surface area contributed by atoms with Gasteiger partial charge >= 0.3 is 0 Å². The summed E-state index contributed by atoms with van der Waals surface area (Å²) in [5.74, 6) is 1.62. The van der Waals surface area contributed by atoms with Gasteiger partial charge in [0.1, 0.15) is 0 Å². The van der Waals surface area contributed by atoms with Crippen LogP contribution in [0.4, 0.5) is 0 Å². The van der Waals surface area contributed by atoms with Gasteiger partial charge < -0.3 is 15.0 Å². The molecule has 1 aliphatic heterocycles. The number of rotatable bonds is 5. The lowest BCUT2D eigenvalue weighted by Crippen LogP contribution is -2.39. The molecular formula is C14H28N2O. The van der Waals surface area contributed by atoms with Gasteiger partial charge in [0.15, 0.2) is 0 Å². The maximum atomic E-state index is 5.56. The van der Waals surface area contributed by atoms with Gasteiger partial charge in [0.05, 0.1) is 6.61 Å². The van der Waals surface area contributed by atoms with E-state index in [1.54, 1.807) is 0 Å². The number of ether oxygens (including phenoxy) is 1. The van der Waals surface area contributed by atoms with Crippen molar-refractivity contribution < 1.29 is 4.74 Å². The summed E-state index contributed by atoms with van der Waals surface area (Å²) < 4.78 is 5.56. The SMILES string of the molecule is CNC1CCCC1CN(C)CC1CCCOC1. The molecule has 0 amide bonds. The van der Waals surface area contributed by atoms with E-state index in [1.807, 2.05) is 0 Å². The Kier molecular flexibility index (Phi) is 5.26. The summed E-state index contributed by atoms with van der Waals surface area (Å²) in [5.41, 5.74) is 0. The molecule has 1 heterocycles. The maximum absolute atomic E-state index is 5.56. The fourth-order valence-electron chi connectivity index (χ4n) is 3.50. The lowest BCUT2D eigenvalue weighted by atomic mass is 9.99. The zero-order valence-corrected chi connectivity index (χ0v) is 11.5. The number of hydrogen-bond donors (Lipinski definition) is 1. The third-order valence-electron chi connectivity index (χ3n) is 4.40. The zero-order chi connectivity index (χ0) is 12.1. The predicted octanol–water partition coefficient (Wildman–Crippen LogP) is 1.73. The van der Waals surface area contributed by atoms with E-state index in [0.717, 1.165) is 31.1 Å². The van der Waals surface area contributed by atoms with Gasteiger partial charge in [0.2, 0.25) is 0 Å². The van der Waals surface area contributed by atoms with Crippen molar-refractivity contribution in [2.45, 2.75) is 38.1 Å². The number of nitrogens with one attached hydrogen (secondary N) is 1. The number of nitrogens with zero attached hydrogens (tertiary/aromatic N) is 1. The first-order chi connectivity index (χ1) is 8.29. The highest BCUT2D eigenvalue weighted by Gasteiger charge is 2.27. The molecule has 1 saturated carbocycles. The van der Waals surface area contributed by atoms with Gasteiger partial charge in [-0.05, 0) is 51.6 Å². The Morgan fingerprint density at radius 1 is 1.18 bits per heavy atom. The third kappa shape index (κ3) is 3.94. The highest BCUT2D eigenvalue weighted by atomic mass is 16.5. The van der Waals surface area contributed by atoms with Crippen LogP contribution in [-0.2, 0) is 4.74 Å². The van der Waals surface area contributed by atoms with E-state index in [9.17, 15) is 0 Å². The molecule has 3 nitrogen and oxygen atoms in total. The van der Waals surface area contributed by atoms with Crippen molar-refractivity contribution in [1.82, 2.24) is 10.2 Å². The van der Waals surface area contributed by atoms with Gasteiger partial charge in [-0.2, -0.15) is 0 Å². The van der Waals surface area contributed by atoms with E-state index in [-0.39, 0.29) is 0 Å². The largest absolute Gasteiger partial charge is 0.381 e. The van der Waals surface area contributed by atoms with Crippen molar-refractivity contribution in [3.8, 4) is 0 Å².